The van der Waals surface area contributed by atoms with Crippen LogP contribution in [0.15, 0.2) is 54.9 Å². The number of halogens is 2. The topological polar surface area (TPSA) is 120 Å². The number of pyridine rings is 1. The third kappa shape index (κ3) is 9.69. The maximum absolute atomic E-state index is 14.6. The molecule has 3 aromatic rings. The van der Waals surface area contributed by atoms with Crippen molar-refractivity contribution < 1.29 is 31.9 Å². The van der Waals surface area contributed by atoms with E-state index in [9.17, 15) is 27.2 Å². The molecule has 43 heavy (non-hydrogen) atoms. The van der Waals surface area contributed by atoms with Crippen LogP contribution in [0, 0.1) is 5.82 Å². The number of carbonyl (C=O) groups is 3. The lowest BCUT2D eigenvalue weighted by Gasteiger charge is -2.21. The summed E-state index contributed by atoms with van der Waals surface area (Å²) in [6.07, 6.45) is 2.63. The highest BCUT2D eigenvalue weighted by Gasteiger charge is 2.23. The summed E-state index contributed by atoms with van der Waals surface area (Å²) in [4.78, 5) is 43.1. The summed E-state index contributed by atoms with van der Waals surface area (Å²) in [6, 6.07) is 10.0. The SMILES string of the molecule is CCS(=O)(=O)Cc1ccc(C(=O)c2ccc(Cl)cc2F)c(CCC(=O)C(C)c2cnccc2COC(=O)NC(C)(C)C)c1. The molecule has 0 aliphatic rings. The van der Waals surface area contributed by atoms with Gasteiger partial charge < -0.3 is 10.1 Å². The van der Waals surface area contributed by atoms with Crippen LogP contribution in [0.2, 0.25) is 5.02 Å². The molecule has 0 spiro atoms. The fraction of sp³-hybridized carbons (Fsp3) is 0.375. The Bertz CT molecular complexity index is 1620. The number of hydrogen-bond donors (Lipinski definition) is 1. The molecule has 1 N–H and O–H groups in total. The summed E-state index contributed by atoms with van der Waals surface area (Å²) < 4.78 is 44.5. The molecule has 0 aliphatic heterocycles. The van der Waals surface area contributed by atoms with Crippen molar-refractivity contribution in [3.63, 3.8) is 0 Å². The quantitative estimate of drug-likeness (QED) is 0.231. The highest BCUT2D eigenvalue weighted by Crippen LogP contribution is 2.26. The molecule has 1 unspecified atom stereocenters. The molecule has 1 atom stereocenters. The van der Waals surface area contributed by atoms with Gasteiger partial charge in [0.25, 0.3) is 0 Å². The van der Waals surface area contributed by atoms with Crippen LogP contribution in [0.5, 0.6) is 0 Å². The van der Waals surface area contributed by atoms with Crippen molar-refractivity contribution >= 4 is 39.1 Å². The van der Waals surface area contributed by atoms with Crippen LogP contribution in [-0.2, 0) is 38.1 Å². The second kappa shape index (κ2) is 14.2. The van der Waals surface area contributed by atoms with Crippen LogP contribution in [-0.4, -0.2) is 42.4 Å². The number of alkyl carbamates (subject to hydrolysis) is 1. The van der Waals surface area contributed by atoms with E-state index in [-0.39, 0.29) is 52.9 Å². The fourth-order valence-corrected chi connectivity index (χ4v) is 5.48. The number of aryl methyl sites for hydroxylation is 1. The largest absolute Gasteiger partial charge is 0.445 e. The molecule has 1 amide bonds. The van der Waals surface area contributed by atoms with E-state index < -0.39 is 39.0 Å². The van der Waals surface area contributed by atoms with Crippen molar-refractivity contribution in [2.24, 2.45) is 0 Å². The molecule has 2 aromatic carbocycles. The minimum atomic E-state index is -3.37. The molecular weight excluding hydrogens is 595 g/mol. The van der Waals surface area contributed by atoms with Gasteiger partial charge in [0.15, 0.2) is 15.6 Å². The van der Waals surface area contributed by atoms with Crippen LogP contribution in [0.25, 0.3) is 0 Å². The lowest BCUT2D eigenvalue weighted by Crippen LogP contribution is -2.40. The second-order valence-electron chi connectivity index (χ2n) is 11.3. The number of aromatic nitrogens is 1. The van der Waals surface area contributed by atoms with Gasteiger partial charge in [0.2, 0.25) is 0 Å². The maximum atomic E-state index is 14.6. The highest BCUT2D eigenvalue weighted by molar-refractivity contribution is 7.90. The summed E-state index contributed by atoms with van der Waals surface area (Å²) in [5, 5.41) is 2.86. The Morgan fingerprint density at radius 2 is 1.74 bits per heavy atom. The first-order valence-corrected chi connectivity index (χ1v) is 16.0. The van der Waals surface area contributed by atoms with E-state index in [1.807, 2.05) is 20.8 Å². The zero-order chi connectivity index (χ0) is 31.9. The van der Waals surface area contributed by atoms with Gasteiger partial charge in [-0.2, -0.15) is 0 Å². The Hall–Kier alpha value is -3.63. The van der Waals surface area contributed by atoms with Gasteiger partial charge >= 0.3 is 6.09 Å². The number of benzene rings is 2. The lowest BCUT2D eigenvalue weighted by molar-refractivity contribution is -0.120. The smallest absolute Gasteiger partial charge is 0.407 e. The molecule has 8 nitrogen and oxygen atoms in total. The van der Waals surface area contributed by atoms with Gasteiger partial charge in [0, 0.05) is 46.6 Å². The summed E-state index contributed by atoms with van der Waals surface area (Å²) >= 11 is 5.85. The second-order valence-corrected chi connectivity index (χ2v) is 14.1. The van der Waals surface area contributed by atoms with Crippen LogP contribution in [0.1, 0.15) is 85.1 Å². The first-order chi connectivity index (χ1) is 20.1. The summed E-state index contributed by atoms with van der Waals surface area (Å²) in [5.74, 6) is -2.45. The predicted octanol–water partition coefficient (Wildman–Crippen LogP) is 6.37. The predicted molar refractivity (Wildman–Crippen MR) is 164 cm³/mol. The third-order valence-electron chi connectivity index (χ3n) is 6.79. The summed E-state index contributed by atoms with van der Waals surface area (Å²) in [6.45, 7) is 8.70. The van der Waals surface area contributed by atoms with Crippen LogP contribution < -0.4 is 5.32 Å². The van der Waals surface area contributed by atoms with Gasteiger partial charge in [-0.25, -0.2) is 17.6 Å². The molecule has 0 bridgehead atoms. The Kier molecular flexibility index (Phi) is 11.2. The third-order valence-corrected chi connectivity index (χ3v) is 8.68. The van der Waals surface area contributed by atoms with E-state index in [0.717, 1.165) is 6.07 Å². The number of carbonyl (C=O) groups excluding carboxylic acids is 3. The molecule has 0 aliphatic carbocycles. The average molecular weight is 631 g/mol. The fourth-order valence-electron chi connectivity index (χ4n) is 4.43. The lowest BCUT2D eigenvalue weighted by atomic mass is 9.89. The molecule has 0 fully saturated rings. The van der Waals surface area contributed by atoms with E-state index in [2.05, 4.69) is 10.3 Å². The van der Waals surface area contributed by atoms with E-state index in [0.29, 0.717) is 22.3 Å². The van der Waals surface area contributed by atoms with Crippen molar-refractivity contribution in [2.45, 2.75) is 71.3 Å². The number of ketones is 2. The van der Waals surface area contributed by atoms with Crippen molar-refractivity contribution in [1.82, 2.24) is 10.3 Å². The van der Waals surface area contributed by atoms with Gasteiger partial charge in [-0.3, -0.25) is 14.6 Å². The summed E-state index contributed by atoms with van der Waals surface area (Å²) in [5.41, 5.74) is 1.62. The maximum Gasteiger partial charge on any atom is 0.407 e. The van der Waals surface area contributed by atoms with Gasteiger partial charge in [0.1, 0.15) is 18.2 Å². The molecular formula is C32H36ClFN2O6S. The average Bonchev–Trinajstić information content (AvgIpc) is 2.93. The number of hydrogen-bond acceptors (Lipinski definition) is 7. The molecule has 11 heteroatoms. The van der Waals surface area contributed by atoms with E-state index in [1.54, 1.807) is 38.4 Å². The Morgan fingerprint density at radius 1 is 1.05 bits per heavy atom. The highest BCUT2D eigenvalue weighted by atomic mass is 35.5. The molecule has 0 radical (unpaired) electrons. The zero-order valence-corrected chi connectivity index (χ0v) is 26.4. The Morgan fingerprint density at radius 3 is 2.40 bits per heavy atom. The number of ether oxygens (including phenoxy) is 1. The van der Waals surface area contributed by atoms with Crippen LogP contribution in [0.4, 0.5) is 9.18 Å². The first-order valence-electron chi connectivity index (χ1n) is 13.8. The van der Waals surface area contributed by atoms with Gasteiger partial charge in [-0.05, 0) is 73.7 Å². The number of sulfone groups is 1. The standard InChI is InChI=1S/C32H36ClFN2O6S/c1-6-43(40,41)19-21-7-10-25(30(38)26-11-9-24(33)16-28(26)34)22(15-21)8-12-29(37)20(2)27-17-35-14-13-23(27)18-42-31(39)36-32(3,4)5/h7,9-11,13-17,20H,6,8,12,18-19H2,1-5H3,(H,36,39). The number of nitrogens with zero attached hydrogens (tertiary/aromatic N) is 1. The number of nitrogens with one attached hydrogen (secondary N) is 1. The summed E-state index contributed by atoms with van der Waals surface area (Å²) in [7, 11) is -3.37. The van der Waals surface area contributed by atoms with Crippen molar-refractivity contribution in [2.75, 3.05) is 5.75 Å². The molecule has 3 rings (SSSR count). The Balaban J connectivity index is 1.85. The van der Waals surface area contributed by atoms with Gasteiger partial charge in [0.05, 0.1) is 11.3 Å². The van der Waals surface area contributed by atoms with E-state index in [1.165, 1.54) is 24.3 Å². The molecule has 0 saturated carbocycles. The minimum Gasteiger partial charge on any atom is -0.445 e. The zero-order valence-electron chi connectivity index (χ0n) is 24.9. The monoisotopic (exact) mass is 630 g/mol. The molecule has 1 heterocycles. The number of amides is 1. The van der Waals surface area contributed by atoms with Gasteiger partial charge in [-0.15, -0.1) is 0 Å². The number of rotatable bonds is 12. The molecule has 0 saturated heterocycles. The Labute approximate surface area is 256 Å². The van der Waals surface area contributed by atoms with E-state index in [4.69, 9.17) is 16.3 Å². The first kappa shape index (κ1) is 33.9. The normalized spacial score (nSPS) is 12.4. The van der Waals surface area contributed by atoms with Crippen molar-refractivity contribution in [1.29, 1.82) is 0 Å². The minimum absolute atomic E-state index is 0.00816. The van der Waals surface area contributed by atoms with Crippen LogP contribution >= 0.6 is 11.6 Å². The molecule has 230 valence electrons. The molecule has 1 aromatic heterocycles. The van der Waals surface area contributed by atoms with Crippen molar-refractivity contribution in [3.8, 4) is 0 Å². The number of Topliss-reactive ketones (excluding diaryl/α,β-unsaturated/α-hetero) is 1. The van der Waals surface area contributed by atoms with Gasteiger partial charge in [-0.1, -0.05) is 43.6 Å². The van der Waals surface area contributed by atoms with Crippen LogP contribution in [0.3, 0.4) is 0 Å². The van der Waals surface area contributed by atoms with Crippen molar-refractivity contribution in [3.05, 3.63) is 99.1 Å². The van der Waals surface area contributed by atoms with E-state index >= 15 is 0 Å².